The van der Waals surface area contributed by atoms with Crippen LogP contribution in [-0.2, 0) is 4.74 Å². The van der Waals surface area contributed by atoms with Crippen molar-refractivity contribution in [3.8, 4) is 11.3 Å². The van der Waals surface area contributed by atoms with Gasteiger partial charge in [0.15, 0.2) is 6.23 Å². The fraction of sp³-hybridized carbons (Fsp3) is 0.400. The summed E-state index contributed by atoms with van der Waals surface area (Å²) in [5, 5.41) is 4.43. The first kappa shape index (κ1) is 11.5. The standard InChI is InChI=1S/C15H18N2O/c1-12-5-7-13(8-6-12)14-9-10-16-17(14)15-4-2-3-11-18-15/h5-10,15H,2-4,11H2,1H3. The van der Waals surface area contributed by atoms with E-state index in [0.29, 0.717) is 0 Å². The summed E-state index contributed by atoms with van der Waals surface area (Å²) in [6, 6.07) is 10.6. The molecule has 0 aliphatic carbocycles. The van der Waals surface area contributed by atoms with Gasteiger partial charge in [-0.2, -0.15) is 5.10 Å². The third-order valence-corrected chi connectivity index (χ3v) is 3.45. The lowest BCUT2D eigenvalue weighted by Gasteiger charge is -2.24. The summed E-state index contributed by atoms with van der Waals surface area (Å²) in [7, 11) is 0. The number of rotatable bonds is 2. The molecule has 0 spiro atoms. The molecule has 1 saturated heterocycles. The third kappa shape index (κ3) is 2.18. The van der Waals surface area contributed by atoms with Crippen LogP contribution < -0.4 is 0 Å². The van der Waals surface area contributed by atoms with Gasteiger partial charge in [-0.15, -0.1) is 0 Å². The molecule has 1 fully saturated rings. The first-order chi connectivity index (χ1) is 8.84. The van der Waals surface area contributed by atoms with Gasteiger partial charge < -0.3 is 4.74 Å². The average molecular weight is 242 g/mol. The van der Waals surface area contributed by atoms with E-state index in [1.807, 2.05) is 10.9 Å². The largest absolute Gasteiger partial charge is 0.356 e. The number of aryl methyl sites for hydroxylation is 1. The Bertz CT molecular complexity index is 510. The number of nitrogens with zero attached hydrogens (tertiary/aromatic N) is 2. The minimum absolute atomic E-state index is 0.102. The second-order valence-corrected chi connectivity index (χ2v) is 4.85. The molecule has 1 unspecified atom stereocenters. The van der Waals surface area contributed by atoms with Crippen molar-refractivity contribution in [1.29, 1.82) is 0 Å². The molecule has 1 aliphatic rings. The Morgan fingerprint density at radius 2 is 2.00 bits per heavy atom. The monoisotopic (exact) mass is 242 g/mol. The maximum Gasteiger partial charge on any atom is 0.150 e. The maximum atomic E-state index is 5.81. The molecule has 3 nitrogen and oxygen atoms in total. The Kier molecular flexibility index (Phi) is 3.15. The van der Waals surface area contributed by atoms with Crippen LogP contribution in [0.3, 0.4) is 0 Å². The highest BCUT2D eigenvalue weighted by atomic mass is 16.5. The number of ether oxygens (including phenoxy) is 1. The van der Waals surface area contributed by atoms with Crippen molar-refractivity contribution in [1.82, 2.24) is 9.78 Å². The maximum absolute atomic E-state index is 5.81. The van der Waals surface area contributed by atoms with E-state index in [4.69, 9.17) is 4.74 Å². The zero-order chi connectivity index (χ0) is 12.4. The van der Waals surface area contributed by atoms with Gasteiger partial charge in [0.05, 0.1) is 5.69 Å². The van der Waals surface area contributed by atoms with Gasteiger partial charge in [0.2, 0.25) is 0 Å². The molecule has 0 radical (unpaired) electrons. The molecular weight excluding hydrogens is 224 g/mol. The van der Waals surface area contributed by atoms with Crippen LogP contribution in [0.5, 0.6) is 0 Å². The van der Waals surface area contributed by atoms with Crippen LogP contribution in [0, 0.1) is 6.92 Å². The van der Waals surface area contributed by atoms with Gasteiger partial charge in [-0.3, -0.25) is 0 Å². The molecule has 1 aromatic carbocycles. The van der Waals surface area contributed by atoms with Crippen LogP contribution in [0.15, 0.2) is 36.5 Å². The van der Waals surface area contributed by atoms with Crippen LogP contribution in [0.4, 0.5) is 0 Å². The molecule has 1 atom stereocenters. The Morgan fingerprint density at radius 1 is 1.17 bits per heavy atom. The molecule has 2 aromatic rings. The van der Waals surface area contributed by atoms with Gasteiger partial charge in [0.1, 0.15) is 0 Å². The van der Waals surface area contributed by atoms with Crippen molar-refractivity contribution in [2.75, 3.05) is 6.61 Å². The molecule has 0 bridgehead atoms. The number of hydrogen-bond donors (Lipinski definition) is 0. The predicted octanol–water partition coefficient (Wildman–Crippen LogP) is 3.56. The summed E-state index contributed by atoms with van der Waals surface area (Å²) in [6.45, 7) is 2.95. The first-order valence-corrected chi connectivity index (χ1v) is 6.57. The van der Waals surface area contributed by atoms with Crippen molar-refractivity contribution in [3.05, 3.63) is 42.1 Å². The van der Waals surface area contributed by atoms with E-state index < -0.39 is 0 Å². The number of aromatic nitrogens is 2. The van der Waals surface area contributed by atoms with Crippen LogP contribution in [0.2, 0.25) is 0 Å². The predicted molar refractivity (Wildman–Crippen MR) is 71.2 cm³/mol. The highest BCUT2D eigenvalue weighted by Crippen LogP contribution is 2.28. The summed E-state index contributed by atoms with van der Waals surface area (Å²) in [5.41, 5.74) is 3.62. The minimum atomic E-state index is 0.102. The Hall–Kier alpha value is -1.61. The van der Waals surface area contributed by atoms with Crippen LogP contribution in [0.1, 0.15) is 31.1 Å². The van der Waals surface area contributed by atoms with Crippen molar-refractivity contribution >= 4 is 0 Å². The smallest absolute Gasteiger partial charge is 0.150 e. The molecule has 18 heavy (non-hydrogen) atoms. The molecule has 0 N–H and O–H groups in total. The lowest BCUT2D eigenvalue weighted by atomic mass is 10.1. The summed E-state index contributed by atoms with van der Waals surface area (Å²) < 4.78 is 7.83. The average Bonchev–Trinajstić information content (AvgIpc) is 2.90. The van der Waals surface area contributed by atoms with E-state index in [0.717, 1.165) is 25.1 Å². The Morgan fingerprint density at radius 3 is 2.72 bits per heavy atom. The van der Waals surface area contributed by atoms with Gasteiger partial charge in [-0.1, -0.05) is 29.8 Å². The summed E-state index contributed by atoms with van der Waals surface area (Å²) in [5.74, 6) is 0. The first-order valence-electron chi connectivity index (χ1n) is 6.57. The number of hydrogen-bond acceptors (Lipinski definition) is 2. The fourth-order valence-electron chi connectivity index (χ4n) is 2.41. The second-order valence-electron chi connectivity index (χ2n) is 4.85. The van der Waals surface area contributed by atoms with Crippen molar-refractivity contribution in [3.63, 3.8) is 0 Å². The molecule has 3 heteroatoms. The molecule has 1 aromatic heterocycles. The highest BCUT2D eigenvalue weighted by Gasteiger charge is 2.19. The molecule has 3 rings (SSSR count). The lowest BCUT2D eigenvalue weighted by molar-refractivity contribution is -0.0383. The normalized spacial score (nSPS) is 19.9. The van der Waals surface area contributed by atoms with E-state index in [-0.39, 0.29) is 6.23 Å². The number of benzene rings is 1. The van der Waals surface area contributed by atoms with Gasteiger partial charge in [-0.05, 0) is 37.8 Å². The van der Waals surface area contributed by atoms with E-state index in [1.54, 1.807) is 0 Å². The quantitative estimate of drug-likeness (QED) is 0.805. The van der Waals surface area contributed by atoms with E-state index in [2.05, 4.69) is 42.4 Å². The van der Waals surface area contributed by atoms with E-state index in [9.17, 15) is 0 Å². The molecular formula is C15H18N2O. The lowest BCUT2D eigenvalue weighted by Crippen LogP contribution is -2.19. The van der Waals surface area contributed by atoms with Gasteiger partial charge in [-0.25, -0.2) is 4.68 Å². The van der Waals surface area contributed by atoms with E-state index >= 15 is 0 Å². The summed E-state index contributed by atoms with van der Waals surface area (Å²) >= 11 is 0. The highest BCUT2D eigenvalue weighted by molar-refractivity contribution is 5.59. The van der Waals surface area contributed by atoms with Gasteiger partial charge >= 0.3 is 0 Å². The molecule has 1 aliphatic heterocycles. The molecule has 0 amide bonds. The topological polar surface area (TPSA) is 27.1 Å². The summed E-state index contributed by atoms with van der Waals surface area (Å²) in [6.07, 6.45) is 5.40. The SMILES string of the molecule is Cc1ccc(-c2ccnn2C2CCCCO2)cc1. The van der Waals surface area contributed by atoms with E-state index in [1.165, 1.54) is 17.5 Å². The zero-order valence-corrected chi connectivity index (χ0v) is 10.7. The van der Waals surface area contributed by atoms with Crippen LogP contribution >= 0.6 is 0 Å². The van der Waals surface area contributed by atoms with Gasteiger partial charge in [0.25, 0.3) is 0 Å². The van der Waals surface area contributed by atoms with Gasteiger partial charge in [0, 0.05) is 12.8 Å². The fourth-order valence-corrected chi connectivity index (χ4v) is 2.41. The van der Waals surface area contributed by atoms with Crippen LogP contribution in [-0.4, -0.2) is 16.4 Å². The minimum Gasteiger partial charge on any atom is -0.356 e. The molecule has 0 saturated carbocycles. The molecule has 2 heterocycles. The van der Waals surface area contributed by atoms with Crippen LogP contribution in [0.25, 0.3) is 11.3 Å². The molecule has 94 valence electrons. The zero-order valence-electron chi connectivity index (χ0n) is 10.7. The third-order valence-electron chi connectivity index (χ3n) is 3.45. The Labute approximate surface area is 107 Å². The van der Waals surface area contributed by atoms with Crippen molar-refractivity contribution < 1.29 is 4.74 Å². The second kappa shape index (κ2) is 4.94. The van der Waals surface area contributed by atoms with Crippen molar-refractivity contribution in [2.45, 2.75) is 32.4 Å². The van der Waals surface area contributed by atoms with Crippen molar-refractivity contribution in [2.24, 2.45) is 0 Å². The summed E-state index contributed by atoms with van der Waals surface area (Å²) in [4.78, 5) is 0. The Balaban J connectivity index is 1.93.